The van der Waals surface area contributed by atoms with Gasteiger partial charge in [0.1, 0.15) is 12.1 Å². The van der Waals surface area contributed by atoms with Gasteiger partial charge >= 0.3 is 6.09 Å². The largest absolute Gasteiger partial charge is 0.443 e. The minimum Gasteiger partial charge on any atom is -0.443 e. The smallest absolute Gasteiger partial charge is 0.408 e. The lowest BCUT2D eigenvalue weighted by Gasteiger charge is -2.42. The molecule has 2 rings (SSSR count). The average molecular weight is 245 g/mol. The van der Waals surface area contributed by atoms with E-state index in [1.54, 1.807) is 0 Å². The highest BCUT2D eigenvalue weighted by molar-refractivity contribution is 5.70. The lowest BCUT2D eigenvalue weighted by atomic mass is 9.80. The van der Waals surface area contributed by atoms with E-state index in [1.165, 1.54) is 7.11 Å². The van der Waals surface area contributed by atoms with Gasteiger partial charge in [0.05, 0.1) is 12.7 Å². The number of hydrogen-bond acceptors (Lipinski definition) is 5. The van der Waals surface area contributed by atoms with Crippen LogP contribution in [0.15, 0.2) is 0 Å². The first-order chi connectivity index (χ1) is 8.08. The SMILES string of the molecule is COC1OC(CO)C(C(C)C)C2OC(=O)NC12. The number of aliphatic hydroxyl groups is 1. The van der Waals surface area contributed by atoms with Crippen LogP contribution in [0, 0.1) is 11.8 Å². The molecule has 0 saturated carbocycles. The summed E-state index contributed by atoms with van der Waals surface area (Å²) in [5.74, 6) is 0.209. The summed E-state index contributed by atoms with van der Waals surface area (Å²) in [4.78, 5) is 11.3. The topological polar surface area (TPSA) is 77.0 Å². The number of aliphatic hydroxyl groups excluding tert-OH is 1. The van der Waals surface area contributed by atoms with Crippen LogP contribution in [0.25, 0.3) is 0 Å². The molecule has 17 heavy (non-hydrogen) atoms. The Morgan fingerprint density at radius 1 is 1.53 bits per heavy atom. The monoisotopic (exact) mass is 245 g/mol. The maximum Gasteiger partial charge on any atom is 0.408 e. The number of hydrogen-bond donors (Lipinski definition) is 2. The van der Waals surface area contributed by atoms with Crippen LogP contribution in [0.5, 0.6) is 0 Å². The Labute approximate surface area is 100 Å². The standard InChI is InChI=1S/C11H19NO5/c1-5(2)7-6(4-13)16-10(15-3)8-9(7)17-11(14)12-8/h5-10,13H,4H2,1-3H3,(H,12,14). The van der Waals surface area contributed by atoms with Gasteiger partial charge in [-0.1, -0.05) is 13.8 Å². The van der Waals surface area contributed by atoms with Gasteiger partial charge in [-0.05, 0) is 5.92 Å². The van der Waals surface area contributed by atoms with E-state index in [2.05, 4.69) is 5.32 Å². The first-order valence-electron chi connectivity index (χ1n) is 5.84. The summed E-state index contributed by atoms with van der Waals surface area (Å²) in [5, 5.41) is 12.1. The van der Waals surface area contributed by atoms with Gasteiger partial charge in [0.15, 0.2) is 6.29 Å². The Morgan fingerprint density at radius 3 is 2.76 bits per heavy atom. The van der Waals surface area contributed by atoms with Crippen molar-refractivity contribution in [2.45, 2.75) is 38.4 Å². The summed E-state index contributed by atoms with van der Waals surface area (Å²) in [7, 11) is 1.51. The van der Waals surface area contributed by atoms with E-state index in [1.807, 2.05) is 13.8 Å². The predicted octanol–water partition coefficient (Wildman–Crippen LogP) is 0.0992. The number of fused-ring (bicyclic) bond motifs is 1. The molecule has 0 aromatic rings. The Hall–Kier alpha value is -0.850. The lowest BCUT2D eigenvalue weighted by Crippen LogP contribution is -2.58. The van der Waals surface area contributed by atoms with Crippen LogP contribution >= 0.6 is 0 Å². The van der Waals surface area contributed by atoms with Crippen LogP contribution in [-0.2, 0) is 14.2 Å². The minimum absolute atomic E-state index is 0.0321. The van der Waals surface area contributed by atoms with Crippen LogP contribution in [0.4, 0.5) is 4.79 Å². The zero-order chi connectivity index (χ0) is 12.6. The summed E-state index contributed by atoms with van der Waals surface area (Å²) in [5.41, 5.74) is 0. The van der Waals surface area contributed by atoms with E-state index in [9.17, 15) is 9.90 Å². The van der Waals surface area contributed by atoms with Crippen molar-refractivity contribution in [3.8, 4) is 0 Å². The second-order valence-electron chi connectivity index (χ2n) is 4.82. The molecule has 2 saturated heterocycles. The fraction of sp³-hybridized carbons (Fsp3) is 0.909. The average Bonchev–Trinajstić information content (AvgIpc) is 2.67. The molecule has 0 radical (unpaired) electrons. The Bertz CT molecular complexity index is 296. The molecule has 2 N–H and O–H groups in total. The van der Waals surface area contributed by atoms with Crippen LogP contribution < -0.4 is 5.32 Å². The Kier molecular flexibility index (Phi) is 3.56. The molecule has 6 heteroatoms. The predicted molar refractivity (Wildman–Crippen MR) is 58.3 cm³/mol. The normalized spacial score (nSPS) is 41.0. The molecule has 2 aliphatic rings. The van der Waals surface area contributed by atoms with Gasteiger partial charge in [0, 0.05) is 13.0 Å². The van der Waals surface area contributed by atoms with Crippen molar-refractivity contribution in [1.29, 1.82) is 0 Å². The van der Waals surface area contributed by atoms with Gasteiger partial charge in [0.25, 0.3) is 0 Å². The fourth-order valence-corrected chi connectivity index (χ4v) is 2.72. The maximum atomic E-state index is 11.3. The molecule has 0 aromatic carbocycles. The molecular formula is C11H19NO5. The van der Waals surface area contributed by atoms with E-state index in [-0.39, 0.29) is 36.7 Å². The molecule has 98 valence electrons. The second-order valence-corrected chi connectivity index (χ2v) is 4.82. The van der Waals surface area contributed by atoms with Gasteiger partial charge < -0.3 is 24.6 Å². The van der Waals surface area contributed by atoms with Gasteiger partial charge in [-0.3, -0.25) is 0 Å². The molecule has 1 amide bonds. The van der Waals surface area contributed by atoms with Gasteiger partial charge in [0.2, 0.25) is 0 Å². The van der Waals surface area contributed by atoms with Gasteiger partial charge in [-0.25, -0.2) is 4.79 Å². The van der Waals surface area contributed by atoms with Gasteiger partial charge in [-0.2, -0.15) is 0 Å². The number of carbonyl (C=O) groups excluding carboxylic acids is 1. The molecular weight excluding hydrogens is 226 g/mol. The lowest BCUT2D eigenvalue weighted by molar-refractivity contribution is -0.241. The van der Waals surface area contributed by atoms with Crippen LogP contribution in [0.3, 0.4) is 0 Å². The van der Waals surface area contributed by atoms with E-state index < -0.39 is 12.4 Å². The van der Waals surface area contributed by atoms with Crippen LogP contribution in [-0.4, -0.2) is 49.5 Å². The Morgan fingerprint density at radius 2 is 2.24 bits per heavy atom. The molecule has 2 aliphatic heterocycles. The third kappa shape index (κ3) is 2.12. The number of alkyl carbamates (subject to hydrolysis) is 1. The first-order valence-corrected chi connectivity index (χ1v) is 5.84. The van der Waals surface area contributed by atoms with E-state index in [4.69, 9.17) is 14.2 Å². The zero-order valence-corrected chi connectivity index (χ0v) is 10.3. The minimum atomic E-state index is -0.571. The van der Waals surface area contributed by atoms with Crippen molar-refractivity contribution < 1.29 is 24.1 Å². The third-order valence-corrected chi connectivity index (χ3v) is 3.47. The molecule has 2 heterocycles. The molecule has 6 nitrogen and oxygen atoms in total. The quantitative estimate of drug-likeness (QED) is 0.737. The summed E-state index contributed by atoms with van der Waals surface area (Å²) in [6.45, 7) is 3.93. The number of carbonyl (C=O) groups is 1. The highest BCUT2D eigenvalue weighted by Crippen LogP contribution is 2.36. The summed E-state index contributed by atoms with van der Waals surface area (Å²) in [6.07, 6.45) is -1.69. The van der Waals surface area contributed by atoms with Crippen LogP contribution in [0.2, 0.25) is 0 Å². The number of nitrogens with one attached hydrogen (secondary N) is 1. The van der Waals surface area contributed by atoms with Crippen molar-refractivity contribution >= 4 is 6.09 Å². The van der Waals surface area contributed by atoms with Crippen molar-refractivity contribution in [3.05, 3.63) is 0 Å². The molecule has 5 atom stereocenters. The Balaban J connectivity index is 2.24. The summed E-state index contributed by atoms with van der Waals surface area (Å²) in [6, 6.07) is -0.303. The summed E-state index contributed by atoms with van der Waals surface area (Å²) >= 11 is 0. The molecule has 0 spiro atoms. The highest BCUT2D eigenvalue weighted by Gasteiger charge is 2.53. The summed E-state index contributed by atoms with van der Waals surface area (Å²) < 4.78 is 16.1. The van der Waals surface area contributed by atoms with Gasteiger partial charge in [-0.15, -0.1) is 0 Å². The van der Waals surface area contributed by atoms with Crippen molar-refractivity contribution in [3.63, 3.8) is 0 Å². The third-order valence-electron chi connectivity index (χ3n) is 3.47. The molecule has 0 aromatic heterocycles. The van der Waals surface area contributed by atoms with E-state index in [0.29, 0.717) is 0 Å². The first kappa shape index (κ1) is 12.6. The molecule has 0 bridgehead atoms. The van der Waals surface area contributed by atoms with E-state index >= 15 is 0 Å². The van der Waals surface area contributed by atoms with Crippen LogP contribution in [0.1, 0.15) is 13.8 Å². The van der Waals surface area contributed by atoms with E-state index in [0.717, 1.165) is 0 Å². The van der Waals surface area contributed by atoms with Crippen molar-refractivity contribution in [2.24, 2.45) is 11.8 Å². The second kappa shape index (κ2) is 4.80. The molecule has 0 aliphatic carbocycles. The number of methoxy groups -OCH3 is 1. The maximum absolute atomic E-state index is 11.3. The highest BCUT2D eigenvalue weighted by atomic mass is 16.7. The fourth-order valence-electron chi connectivity index (χ4n) is 2.72. The molecule has 2 fully saturated rings. The number of amides is 1. The van der Waals surface area contributed by atoms with Crippen molar-refractivity contribution in [2.75, 3.05) is 13.7 Å². The number of ether oxygens (including phenoxy) is 3. The van der Waals surface area contributed by atoms with Crippen molar-refractivity contribution in [1.82, 2.24) is 5.32 Å². The zero-order valence-electron chi connectivity index (χ0n) is 10.3. The number of rotatable bonds is 3. The molecule has 5 unspecified atom stereocenters.